The van der Waals surface area contributed by atoms with Crippen LogP contribution in [0.15, 0.2) is 18.2 Å². The maximum absolute atomic E-state index is 13.3. The second-order valence-corrected chi connectivity index (χ2v) is 5.34. The molecule has 0 amide bonds. The van der Waals surface area contributed by atoms with Crippen LogP contribution in [0.1, 0.15) is 18.4 Å². The highest BCUT2D eigenvalue weighted by molar-refractivity contribution is 6.30. The van der Waals surface area contributed by atoms with E-state index in [1.54, 1.807) is 6.07 Å². The van der Waals surface area contributed by atoms with Crippen LogP contribution in [0.3, 0.4) is 0 Å². The average molecular weight is 302 g/mol. The van der Waals surface area contributed by atoms with Crippen LogP contribution in [0.5, 0.6) is 0 Å². The third kappa shape index (κ3) is 4.44. The zero-order chi connectivity index (χ0) is 14.5. The summed E-state index contributed by atoms with van der Waals surface area (Å²) >= 11 is 5.65. The minimum atomic E-state index is -0.941. The molecule has 0 aliphatic carbocycles. The van der Waals surface area contributed by atoms with Crippen molar-refractivity contribution in [1.29, 1.82) is 0 Å². The van der Waals surface area contributed by atoms with E-state index >= 15 is 0 Å². The maximum Gasteiger partial charge on any atom is 0.329 e. The molecule has 0 bridgehead atoms. The van der Waals surface area contributed by atoms with E-state index in [2.05, 4.69) is 4.90 Å². The Balaban J connectivity index is 1.79. The fraction of sp³-hybridized carbons (Fsp3) is 0.500. The van der Waals surface area contributed by atoms with Gasteiger partial charge in [0.15, 0.2) is 0 Å². The van der Waals surface area contributed by atoms with E-state index in [4.69, 9.17) is 21.4 Å². The highest BCUT2D eigenvalue weighted by Crippen LogP contribution is 2.19. The minimum absolute atomic E-state index is 0.00399. The van der Waals surface area contributed by atoms with Gasteiger partial charge in [-0.2, -0.15) is 0 Å². The number of rotatable bonds is 5. The molecule has 1 N–H and O–H groups in total. The van der Waals surface area contributed by atoms with Gasteiger partial charge in [0.05, 0.1) is 11.1 Å². The smallest absolute Gasteiger partial charge is 0.329 e. The quantitative estimate of drug-likeness (QED) is 0.908. The lowest BCUT2D eigenvalue weighted by molar-refractivity contribution is -0.145. The fourth-order valence-corrected chi connectivity index (χ4v) is 2.44. The van der Waals surface area contributed by atoms with Crippen LogP contribution >= 0.6 is 11.6 Å². The summed E-state index contributed by atoms with van der Waals surface area (Å²) in [5.41, 5.74) is 0.886. The zero-order valence-corrected chi connectivity index (χ0v) is 11.8. The second kappa shape index (κ2) is 7.02. The topological polar surface area (TPSA) is 49.8 Å². The molecule has 0 saturated carbocycles. The molecule has 0 unspecified atom stereocenters. The molecule has 0 spiro atoms. The SMILES string of the molecule is O=C(O)COC1CCN(Cc2ccc(Cl)c(F)c2)CC1. The molecular formula is C14H17ClFNO3. The Labute approximate surface area is 122 Å². The Morgan fingerprint density at radius 2 is 2.15 bits per heavy atom. The van der Waals surface area contributed by atoms with Crippen LogP contribution in [-0.4, -0.2) is 41.8 Å². The summed E-state index contributed by atoms with van der Waals surface area (Å²) in [6.07, 6.45) is 1.59. The van der Waals surface area contributed by atoms with Crippen LogP contribution in [0.25, 0.3) is 0 Å². The van der Waals surface area contributed by atoms with Crippen molar-refractivity contribution in [2.45, 2.75) is 25.5 Å². The van der Waals surface area contributed by atoms with E-state index in [9.17, 15) is 9.18 Å². The molecule has 6 heteroatoms. The molecule has 1 saturated heterocycles. The number of nitrogens with zero attached hydrogens (tertiary/aromatic N) is 1. The fourth-order valence-electron chi connectivity index (χ4n) is 2.32. The van der Waals surface area contributed by atoms with Gasteiger partial charge >= 0.3 is 5.97 Å². The number of likely N-dealkylation sites (tertiary alicyclic amines) is 1. The third-order valence-corrected chi connectivity index (χ3v) is 3.67. The minimum Gasteiger partial charge on any atom is -0.480 e. The van der Waals surface area contributed by atoms with Crippen LogP contribution in [0, 0.1) is 5.82 Å². The van der Waals surface area contributed by atoms with E-state index in [1.165, 1.54) is 6.07 Å². The number of aliphatic carboxylic acids is 1. The lowest BCUT2D eigenvalue weighted by Crippen LogP contribution is -2.37. The van der Waals surface area contributed by atoms with Gasteiger partial charge < -0.3 is 9.84 Å². The monoisotopic (exact) mass is 301 g/mol. The number of halogens is 2. The van der Waals surface area contributed by atoms with Gasteiger partial charge in [-0.3, -0.25) is 4.90 Å². The summed E-state index contributed by atoms with van der Waals surface area (Å²) in [6.45, 7) is 2.05. The number of benzene rings is 1. The van der Waals surface area contributed by atoms with Crippen LogP contribution in [0.2, 0.25) is 5.02 Å². The zero-order valence-electron chi connectivity index (χ0n) is 11.0. The third-order valence-electron chi connectivity index (χ3n) is 3.37. The van der Waals surface area contributed by atoms with E-state index in [0.717, 1.165) is 31.5 Å². The van der Waals surface area contributed by atoms with E-state index in [1.807, 2.05) is 6.07 Å². The Morgan fingerprint density at radius 3 is 2.75 bits per heavy atom. The number of ether oxygens (including phenoxy) is 1. The van der Waals surface area contributed by atoms with Crippen molar-refractivity contribution in [3.8, 4) is 0 Å². The summed E-state index contributed by atoms with van der Waals surface area (Å²) in [5, 5.41) is 8.69. The van der Waals surface area contributed by atoms with Gasteiger partial charge in [0.2, 0.25) is 0 Å². The van der Waals surface area contributed by atoms with E-state index in [0.29, 0.717) is 6.54 Å². The summed E-state index contributed by atoms with van der Waals surface area (Å²) in [4.78, 5) is 12.6. The van der Waals surface area contributed by atoms with Crippen LogP contribution in [0.4, 0.5) is 4.39 Å². The second-order valence-electron chi connectivity index (χ2n) is 4.93. The molecule has 1 aliphatic rings. The molecule has 0 radical (unpaired) electrons. The molecule has 110 valence electrons. The Bertz CT molecular complexity index is 475. The van der Waals surface area contributed by atoms with Crippen molar-refractivity contribution in [3.63, 3.8) is 0 Å². The van der Waals surface area contributed by atoms with Crippen LogP contribution < -0.4 is 0 Å². The molecule has 20 heavy (non-hydrogen) atoms. The van der Waals surface area contributed by atoms with Crippen LogP contribution in [-0.2, 0) is 16.1 Å². The molecule has 2 rings (SSSR count). The summed E-state index contributed by atoms with van der Waals surface area (Å²) in [6, 6.07) is 4.84. The normalized spacial score (nSPS) is 17.3. The molecule has 4 nitrogen and oxygen atoms in total. The number of carboxylic acid groups (broad SMARTS) is 1. The molecule has 1 aromatic carbocycles. The molecule has 1 fully saturated rings. The van der Waals surface area contributed by atoms with Gasteiger partial charge in [-0.05, 0) is 30.5 Å². The number of hydrogen-bond donors (Lipinski definition) is 1. The van der Waals surface area contributed by atoms with E-state index in [-0.39, 0.29) is 17.7 Å². The Kier molecular flexibility index (Phi) is 5.34. The number of carbonyl (C=O) groups is 1. The van der Waals surface area contributed by atoms with Crippen molar-refractivity contribution >= 4 is 17.6 Å². The van der Waals surface area contributed by atoms with Crippen molar-refractivity contribution in [1.82, 2.24) is 4.90 Å². The van der Waals surface area contributed by atoms with E-state index < -0.39 is 11.8 Å². The predicted octanol–water partition coefficient (Wildman–Crippen LogP) is 2.54. The first-order chi connectivity index (χ1) is 9.54. The van der Waals surface area contributed by atoms with Gasteiger partial charge in [0, 0.05) is 19.6 Å². The van der Waals surface area contributed by atoms with Crippen molar-refractivity contribution in [2.75, 3.05) is 19.7 Å². The predicted molar refractivity (Wildman–Crippen MR) is 73.3 cm³/mol. The lowest BCUT2D eigenvalue weighted by Gasteiger charge is -2.31. The van der Waals surface area contributed by atoms with Gasteiger partial charge in [-0.15, -0.1) is 0 Å². The number of hydrogen-bond acceptors (Lipinski definition) is 3. The summed E-state index contributed by atoms with van der Waals surface area (Å²) in [5.74, 6) is -1.34. The molecule has 0 atom stereocenters. The van der Waals surface area contributed by atoms with Crippen molar-refractivity contribution in [2.24, 2.45) is 0 Å². The standard InChI is InChI=1S/C14H17ClFNO3/c15-12-2-1-10(7-13(12)16)8-17-5-3-11(4-6-17)20-9-14(18)19/h1-2,7,11H,3-6,8-9H2,(H,18,19). The van der Waals surface area contributed by atoms with Gasteiger partial charge in [-0.25, -0.2) is 9.18 Å². The largest absolute Gasteiger partial charge is 0.480 e. The molecule has 0 aromatic heterocycles. The molecule has 1 aliphatic heterocycles. The van der Waals surface area contributed by atoms with Crippen molar-refractivity contribution < 1.29 is 19.0 Å². The lowest BCUT2D eigenvalue weighted by atomic mass is 10.1. The summed E-state index contributed by atoms with van der Waals surface area (Å²) in [7, 11) is 0. The number of piperidine rings is 1. The Hall–Kier alpha value is -1.17. The number of carboxylic acids is 1. The first-order valence-corrected chi connectivity index (χ1v) is 6.92. The summed E-state index contributed by atoms with van der Waals surface area (Å²) < 4.78 is 18.6. The van der Waals surface area contributed by atoms with Crippen molar-refractivity contribution in [3.05, 3.63) is 34.6 Å². The highest BCUT2D eigenvalue weighted by Gasteiger charge is 2.20. The highest BCUT2D eigenvalue weighted by atomic mass is 35.5. The molecular weight excluding hydrogens is 285 g/mol. The van der Waals surface area contributed by atoms with Gasteiger partial charge in [0.25, 0.3) is 0 Å². The first-order valence-electron chi connectivity index (χ1n) is 6.54. The van der Waals surface area contributed by atoms with Gasteiger partial charge in [0.1, 0.15) is 12.4 Å². The molecule has 1 heterocycles. The average Bonchev–Trinajstić information content (AvgIpc) is 2.42. The first kappa shape index (κ1) is 15.2. The Morgan fingerprint density at radius 1 is 1.45 bits per heavy atom. The maximum atomic E-state index is 13.3. The molecule has 1 aromatic rings. The van der Waals surface area contributed by atoms with Gasteiger partial charge in [-0.1, -0.05) is 17.7 Å².